The van der Waals surface area contributed by atoms with Gasteiger partial charge in [-0.25, -0.2) is 0 Å². The van der Waals surface area contributed by atoms with Gasteiger partial charge in [0, 0.05) is 20.0 Å². The summed E-state index contributed by atoms with van der Waals surface area (Å²) < 4.78 is 4.80. The fourth-order valence-corrected chi connectivity index (χ4v) is 1.28. The Morgan fingerprint density at radius 2 is 2.42 bits per heavy atom. The maximum absolute atomic E-state index is 11.1. The van der Waals surface area contributed by atoms with Crippen LogP contribution in [0.5, 0.6) is 0 Å². The number of hydrogen-bond donors (Lipinski definition) is 0. The zero-order valence-electron chi connectivity index (χ0n) is 7.37. The van der Waals surface area contributed by atoms with Gasteiger partial charge in [0.05, 0.1) is 12.5 Å². The minimum atomic E-state index is -0.254. The monoisotopic (exact) mass is 171 g/mol. The van der Waals surface area contributed by atoms with Crippen LogP contribution in [0.3, 0.4) is 0 Å². The second kappa shape index (κ2) is 3.56. The van der Waals surface area contributed by atoms with Crippen LogP contribution in [-0.2, 0) is 14.3 Å². The molecular weight excluding hydrogens is 158 g/mol. The van der Waals surface area contributed by atoms with E-state index >= 15 is 0 Å². The summed E-state index contributed by atoms with van der Waals surface area (Å²) in [6.07, 6.45) is 0.301. The van der Waals surface area contributed by atoms with Gasteiger partial charge in [-0.3, -0.25) is 9.59 Å². The molecule has 0 saturated carbocycles. The lowest BCUT2D eigenvalue weighted by Gasteiger charge is -2.08. The molecule has 4 heteroatoms. The van der Waals surface area contributed by atoms with Gasteiger partial charge in [-0.1, -0.05) is 0 Å². The molecule has 0 aliphatic carbocycles. The number of carbonyl (C=O) groups excluding carboxylic acids is 2. The average molecular weight is 171 g/mol. The quantitative estimate of drug-likeness (QED) is 0.550. The van der Waals surface area contributed by atoms with E-state index in [9.17, 15) is 9.59 Å². The molecule has 1 aliphatic heterocycles. The van der Waals surface area contributed by atoms with Crippen LogP contribution in [0.15, 0.2) is 0 Å². The summed E-state index contributed by atoms with van der Waals surface area (Å²) in [7, 11) is 1.70. The lowest BCUT2D eigenvalue weighted by Crippen LogP contribution is -2.22. The van der Waals surface area contributed by atoms with Crippen molar-refractivity contribution in [3.63, 3.8) is 0 Å². The molecule has 0 spiro atoms. The highest BCUT2D eigenvalue weighted by Gasteiger charge is 2.32. The highest BCUT2D eigenvalue weighted by molar-refractivity contribution is 5.86. The summed E-state index contributed by atoms with van der Waals surface area (Å²) in [5.41, 5.74) is 0. The smallest absolute Gasteiger partial charge is 0.311 e. The van der Waals surface area contributed by atoms with Crippen LogP contribution in [0.25, 0.3) is 0 Å². The van der Waals surface area contributed by atoms with Gasteiger partial charge < -0.3 is 9.64 Å². The molecule has 4 nitrogen and oxygen atoms in total. The van der Waals surface area contributed by atoms with Crippen LogP contribution in [0.4, 0.5) is 0 Å². The molecule has 0 radical (unpaired) electrons. The molecule has 0 aromatic heterocycles. The molecule has 1 rings (SSSR count). The summed E-state index contributed by atoms with van der Waals surface area (Å²) in [6, 6.07) is 0. The Morgan fingerprint density at radius 3 is 2.83 bits per heavy atom. The predicted molar refractivity (Wildman–Crippen MR) is 42.4 cm³/mol. The van der Waals surface area contributed by atoms with Crippen molar-refractivity contribution in [2.24, 2.45) is 5.92 Å². The maximum atomic E-state index is 11.1. The molecule has 0 N–H and O–H groups in total. The average Bonchev–Trinajstić information content (AvgIpc) is 2.33. The summed E-state index contributed by atoms with van der Waals surface area (Å²) in [4.78, 5) is 23.7. The van der Waals surface area contributed by atoms with Crippen LogP contribution in [0.2, 0.25) is 0 Å². The molecule has 1 unspecified atom stereocenters. The minimum Gasteiger partial charge on any atom is -0.466 e. The van der Waals surface area contributed by atoms with Gasteiger partial charge in [-0.05, 0) is 6.92 Å². The zero-order chi connectivity index (χ0) is 9.14. The third-order valence-electron chi connectivity index (χ3n) is 1.96. The van der Waals surface area contributed by atoms with E-state index in [1.54, 1.807) is 18.9 Å². The fraction of sp³-hybridized carbons (Fsp3) is 0.750. The van der Waals surface area contributed by atoms with Crippen LogP contribution in [-0.4, -0.2) is 37.0 Å². The first kappa shape index (κ1) is 9.03. The molecule has 1 atom stereocenters. The van der Waals surface area contributed by atoms with Gasteiger partial charge in [0.25, 0.3) is 0 Å². The van der Waals surface area contributed by atoms with E-state index in [1.165, 1.54) is 0 Å². The van der Waals surface area contributed by atoms with Crippen LogP contribution >= 0.6 is 0 Å². The summed E-state index contributed by atoms with van der Waals surface area (Å²) >= 11 is 0. The van der Waals surface area contributed by atoms with Gasteiger partial charge in [0.2, 0.25) is 5.91 Å². The first-order chi connectivity index (χ1) is 5.65. The predicted octanol–water partition coefficient (Wildman–Crippen LogP) is 0.0278. The van der Waals surface area contributed by atoms with Gasteiger partial charge >= 0.3 is 5.97 Å². The van der Waals surface area contributed by atoms with E-state index in [-0.39, 0.29) is 17.8 Å². The molecule has 68 valence electrons. The third kappa shape index (κ3) is 1.75. The number of esters is 1. The lowest BCUT2D eigenvalue weighted by molar-refractivity contribution is -0.147. The number of amides is 1. The van der Waals surface area contributed by atoms with Gasteiger partial charge in [0.1, 0.15) is 0 Å². The molecule has 12 heavy (non-hydrogen) atoms. The normalized spacial score (nSPS) is 23.0. The van der Waals surface area contributed by atoms with Crippen molar-refractivity contribution in [1.29, 1.82) is 0 Å². The van der Waals surface area contributed by atoms with E-state index in [0.29, 0.717) is 19.6 Å². The van der Waals surface area contributed by atoms with Crippen molar-refractivity contribution < 1.29 is 14.3 Å². The van der Waals surface area contributed by atoms with E-state index in [0.717, 1.165) is 0 Å². The van der Waals surface area contributed by atoms with Crippen molar-refractivity contribution >= 4 is 11.9 Å². The molecule has 1 fully saturated rings. The van der Waals surface area contributed by atoms with E-state index in [4.69, 9.17) is 4.74 Å². The highest BCUT2D eigenvalue weighted by atomic mass is 16.5. The fourth-order valence-electron chi connectivity index (χ4n) is 1.28. The van der Waals surface area contributed by atoms with E-state index in [1.807, 2.05) is 0 Å². The van der Waals surface area contributed by atoms with Gasteiger partial charge in [-0.15, -0.1) is 0 Å². The molecule has 0 bridgehead atoms. The molecule has 0 aromatic carbocycles. The lowest BCUT2D eigenvalue weighted by atomic mass is 10.1. The third-order valence-corrected chi connectivity index (χ3v) is 1.96. The van der Waals surface area contributed by atoms with Crippen LogP contribution in [0, 0.1) is 5.92 Å². The standard InChI is InChI=1S/C8H13NO3/c1-3-12-8(11)6-4-7(10)9(2)5-6/h6H,3-5H2,1-2H3. The van der Waals surface area contributed by atoms with Crippen molar-refractivity contribution in [2.75, 3.05) is 20.2 Å². The highest BCUT2D eigenvalue weighted by Crippen LogP contribution is 2.16. The van der Waals surface area contributed by atoms with Crippen molar-refractivity contribution in [2.45, 2.75) is 13.3 Å². The minimum absolute atomic E-state index is 0.0213. The summed E-state index contributed by atoms with van der Waals surface area (Å²) in [5, 5.41) is 0. The Morgan fingerprint density at radius 1 is 1.75 bits per heavy atom. The van der Waals surface area contributed by atoms with E-state index < -0.39 is 0 Å². The zero-order valence-corrected chi connectivity index (χ0v) is 7.37. The number of likely N-dealkylation sites (tertiary alicyclic amines) is 1. The molecular formula is C8H13NO3. The van der Waals surface area contributed by atoms with Crippen molar-refractivity contribution in [3.05, 3.63) is 0 Å². The molecule has 1 aliphatic rings. The molecule has 1 saturated heterocycles. The maximum Gasteiger partial charge on any atom is 0.311 e. The second-order valence-electron chi connectivity index (χ2n) is 2.93. The SMILES string of the molecule is CCOC(=O)C1CC(=O)N(C)C1. The number of rotatable bonds is 2. The first-order valence-corrected chi connectivity index (χ1v) is 4.05. The van der Waals surface area contributed by atoms with Gasteiger partial charge in [-0.2, -0.15) is 0 Å². The molecule has 1 heterocycles. The van der Waals surface area contributed by atoms with Gasteiger partial charge in [0.15, 0.2) is 0 Å². The molecule has 1 amide bonds. The molecule has 0 aromatic rings. The Balaban J connectivity index is 2.46. The number of hydrogen-bond acceptors (Lipinski definition) is 3. The largest absolute Gasteiger partial charge is 0.466 e. The number of nitrogens with zero attached hydrogens (tertiary/aromatic N) is 1. The topological polar surface area (TPSA) is 46.6 Å². The van der Waals surface area contributed by atoms with E-state index in [2.05, 4.69) is 0 Å². The number of ether oxygens (including phenoxy) is 1. The summed E-state index contributed by atoms with van der Waals surface area (Å²) in [6.45, 7) is 2.64. The Bertz CT molecular complexity index is 202. The van der Waals surface area contributed by atoms with Crippen LogP contribution in [0.1, 0.15) is 13.3 Å². The Labute approximate surface area is 71.5 Å². The Kier molecular flexibility index (Phi) is 2.68. The van der Waals surface area contributed by atoms with Crippen LogP contribution < -0.4 is 0 Å². The second-order valence-corrected chi connectivity index (χ2v) is 2.93. The summed E-state index contributed by atoms with van der Waals surface area (Å²) in [5.74, 6) is -0.481. The Hall–Kier alpha value is -1.06. The number of carbonyl (C=O) groups is 2. The first-order valence-electron chi connectivity index (χ1n) is 4.05. The van der Waals surface area contributed by atoms with Crippen molar-refractivity contribution in [1.82, 2.24) is 4.90 Å². The van der Waals surface area contributed by atoms with Crippen molar-refractivity contribution in [3.8, 4) is 0 Å².